The van der Waals surface area contributed by atoms with Gasteiger partial charge >= 0.3 is 12.2 Å². The topological polar surface area (TPSA) is 66.5 Å². The largest absolute Gasteiger partial charge is 0.416 e. The summed E-state index contributed by atoms with van der Waals surface area (Å²) in [6.07, 6.45) is -4.56. The summed E-state index contributed by atoms with van der Waals surface area (Å²) in [5.41, 5.74) is -2.54. The van der Waals surface area contributed by atoms with Crippen LogP contribution in [0.4, 0.5) is 18.0 Å². The van der Waals surface area contributed by atoms with Gasteiger partial charge in [-0.1, -0.05) is 12.1 Å². The summed E-state index contributed by atoms with van der Waals surface area (Å²) in [5, 5.41) is 2.35. The van der Waals surface area contributed by atoms with Crippen LogP contribution in [-0.4, -0.2) is 29.2 Å². The highest BCUT2D eigenvalue weighted by molar-refractivity contribution is 6.09. The first kappa shape index (κ1) is 16.0. The predicted molar refractivity (Wildman–Crippen MR) is 69.7 cm³/mol. The zero-order chi connectivity index (χ0) is 16.7. The molecule has 3 amide bonds. The Bertz CT molecular complexity index is 657. The number of amides is 3. The third-order valence-electron chi connectivity index (χ3n) is 3.42. The van der Waals surface area contributed by atoms with Crippen LogP contribution >= 0.6 is 0 Å². The first-order valence-corrected chi connectivity index (χ1v) is 6.37. The Balaban J connectivity index is 2.42. The van der Waals surface area contributed by atoms with Crippen LogP contribution in [0.25, 0.3) is 0 Å². The average Bonchev–Trinajstić information content (AvgIpc) is 2.62. The van der Waals surface area contributed by atoms with Crippen LogP contribution in [0.5, 0.6) is 0 Å². The molecule has 118 valence electrons. The van der Waals surface area contributed by atoms with E-state index in [-0.39, 0.29) is 5.56 Å². The minimum Gasteiger partial charge on any atom is -0.319 e. The molecule has 1 aromatic carbocycles. The van der Waals surface area contributed by atoms with E-state index >= 15 is 0 Å². The van der Waals surface area contributed by atoms with Crippen LogP contribution in [0.3, 0.4) is 0 Å². The van der Waals surface area contributed by atoms with Crippen LogP contribution < -0.4 is 5.32 Å². The fraction of sp³-hybridized carbons (Fsp3) is 0.357. The van der Waals surface area contributed by atoms with Crippen molar-refractivity contribution >= 4 is 17.7 Å². The lowest BCUT2D eigenvalue weighted by Gasteiger charge is -2.23. The maximum absolute atomic E-state index is 12.8. The molecule has 0 bridgehead atoms. The Kier molecular flexibility index (Phi) is 3.72. The van der Waals surface area contributed by atoms with Crippen LogP contribution in [0, 0.1) is 0 Å². The molecule has 1 aliphatic heterocycles. The third-order valence-corrected chi connectivity index (χ3v) is 3.42. The van der Waals surface area contributed by atoms with Crippen molar-refractivity contribution in [3.8, 4) is 0 Å². The van der Waals surface area contributed by atoms with Crippen molar-refractivity contribution in [2.75, 3.05) is 6.54 Å². The molecule has 0 aliphatic carbocycles. The molecule has 1 N–H and O–H groups in total. The number of rotatable bonds is 3. The van der Waals surface area contributed by atoms with E-state index in [9.17, 15) is 27.6 Å². The molecule has 1 fully saturated rings. The van der Waals surface area contributed by atoms with Gasteiger partial charge in [-0.25, -0.2) is 4.79 Å². The first-order chi connectivity index (χ1) is 10.1. The second-order valence-corrected chi connectivity index (χ2v) is 5.23. The van der Waals surface area contributed by atoms with E-state index in [1.54, 1.807) is 0 Å². The summed E-state index contributed by atoms with van der Waals surface area (Å²) in [4.78, 5) is 36.0. The van der Waals surface area contributed by atoms with E-state index in [4.69, 9.17) is 0 Å². The quantitative estimate of drug-likeness (QED) is 0.869. The molecule has 0 spiro atoms. The summed E-state index contributed by atoms with van der Waals surface area (Å²) in [5.74, 6) is -1.16. The van der Waals surface area contributed by atoms with Gasteiger partial charge in [0.25, 0.3) is 5.91 Å². The summed E-state index contributed by atoms with van der Waals surface area (Å²) >= 11 is 0. The van der Waals surface area contributed by atoms with Crippen molar-refractivity contribution in [2.45, 2.75) is 25.6 Å². The van der Waals surface area contributed by atoms with Gasteiger partial charge in [0, 0.05) is 0 Å². The molecule has 22 heavy (non-hydrogen) atoms. The van der Waals surface area contributed by atoms with Crippen LogP contribution in [0.1, 0.15) is 25.0 Å². The number of nitrogens with one attached hydrogen (secondary N) is 1. The number of hydrogen-bond donors (Lipinski definition) is 1. The highest BCUT2D eigenvalue weighted by Crippen LogP contribution is 2.34. The number of nitrogens with zero attached hydrogens (tertiary/aromatic N) is 1. The molecule has 2 rings (SSSR count). The molecular formula is C14H13F3N2O3. The van der Waals surface area contributed by atoms with Crippen molar-refractivity contribution in [1.82, 2.24) is 10.2 Å². The van der Waals surface area contributed by atoms with E-state index in [1.807, 2.05) is 0 Å². The number of urea groups is 1. The molecule has 1 saturated heterocycles. The number of alkyl halides is 3. The maximum atomic E-state index is 12.8. The highest BCUT2D eigenvalue weighted by Gasteiger charge is 2.49. The van der Waals surface area contributed by atoms with Gasteiger partial charge < -0.3 is 5.32 Å². The number of ketones is 1. The van der Waals surface area contributed by atoms with Gasteiger partial charge in [0.1, 0.15) is 11.3 Å². The molecular weight excluding hydrogens is 301 g/mol. The normalized spacial score (nSPS) is 22.0. The van der Waals surface area contributed by atoms with Crippen molar-refractivity contribution < 1.29 is 27.6 Å². The molecule has 5 nitrogen and oxygen atoms in total. The van der Waals surface area contributed by atoms with Crippen molar-refractivity contribution in [3.05, 3.63) is 35.4 Å². The van der Waals surface area contributed by atoms with Gasteiger partial charge in [-0.2, -0.15) is 13.2 Å². The Morgan fingerprint density at radius 3 is 2.50 bits per heavy atom. The van der Waals surface area contributed by atoms with E-state index in [1.165, 1.54) is 19.9 Å². The van der Waals surface area contributed by atoms with Gasteiger partial charge in [0.2, 0.25) is 0 Å². The Labute approximate surface area is 124 Å². The minimum absolute atomic E-state index is 0.00623. The SMILES string of the molecule is CC(=O)CN1C(=O)N[C@](C)(c2cccc(C(F)(F)F)c2)C1=O. The Morgan fingerprint density at radius 2 is 1.95 bits per heavy atom. The number of halogens is 3. The van der Waals surface area contributed by atoms with E-state index < -0.39 is 41.5 Å². The minimum atomic E-state index is -4.56. The van der Waals surface area contributed by atoms with Crippen LogP contribution in [-0.2, 0) is 21.3 Å². The predicted octanol–water partition coefficient (Wildman–Crippen LogP) is 2.06. The maximum Gasteiger partial charge on any atom is 0.416 e. The van der Waals surface area contributed by atoms with E-state index in [2.05, 4.69) is 5.32 Å². The molecule has 1 heterocycles. The number of carbonyl (C=O) groups is 3. The lowest BCUT2D eigenvalue weighted by atomic mass is 9.90. The monoisotopic (exact) mass is 314 g/mol. The van der Waals surface area contributed by atoms with Gasteiger partial charge in [0.15, 0.2) is 0 Å². The Hall–Kier alpha value is -2.38. The number of imide groups is 1. The molecule has 0 aromatic heterocycles. The summed E-state index contributed by atoms with van der Waals surface area (Å²) < 4.78 is 38.3. The zero-order valence-electron chi connectivity index (χ0n) is 11.8. The average molecular weight is 314 g/mol. The van der Waals surface area contributed by atoms with Gasteiger partial charge in [0.05, 0.1) is 12.1 Å². The number of Topliss-reactive ketones (excluding diaryl/α,β-unsaturated/α-hetero) is 1. The second-order valence-electron chi connectivity index (χ2n) is 5.23. The Morgan fingerprint density at radius 1 is 1.32 bits per heavy atom. The first-order valence-electron chi connectivity index (χ1n) is 6.37. The standard InChI is InChI=1S/C14H13F3N2O3/c1-8(20)7-19-11(21)13(2,18-12(19)22)9-4-3-5-10(6-9)14(15,16)17/h3-6H,7H2,1-2H3,(H,18,22)/t13-/m1/s1. The lowest BCUT2D eigenvalue weighted by Crippen LogP contribution is -2.41. The number of benzene rings is 1. The fourth-order valence-corrected chi connectivity index (χ4v) is 2.27. The van der Waals surface area contributed by atoms with Crippen molar-refractivity contribution in [2.24, 2.45) is 0 Å². The molecule has 1 aromatic rings. The third kappa shape index (κ3) is 2.68. The second kappa shape index (κ2) is 5.11. The van der Waals surface area contributed by atoms with Gasteiger partial charge in [-0.15, -0.1) is 0 Å². The summed E-state index contributed by atoms with van der Waals surface area (Å²) in [6, 6.07) is 3.37. The fourth-order valence-electron chi connectivity index (χ4n) is 2.27. The molecule has 0 saturated carbocycles. The van der Waals surface area contributed by atoms with E-state index in [0.29, 0.717) is 4.90 Å². The molecule has 8 heteroatoms. The van der Waals surface area contributed by atoms with Crippen molar-refractivity contribution in [1.29, 1.82) is 0 Å². The zero-order valence-corrected chi connectivity index (χ0v) is 11.8. The molecule has 1 aliphatic rings. The smallest absolute Gasteiger partial charge is 0.319 e. The molecule has 1 atom stereocenters. The summed E-state index contributed by atoms with van der Waals surface area (Å²) in [6.45, 7) is 2.10. The highest BCUT2D eigenvalue weighted by atomic mass is 19.4. The molecule has 0 radical (unpaired) electrons. The molecule has 0 unspecified atom stereocenters. The van der Waals surface area contributed by atoms with Gasteiger partial charge in [-0.3, -0.25) is 14.5 Å². The van der Waals surface area contributed by atoms with Gasteiger partial charge in [-0.05, 0) is 31.5 Å². The van der Waals surface area contributed by atoms with Crippen LogP contribution in [0.15, 0.2) is 24.3 Å². The lowest BCUT2D eigenvalue weighted by molar-refractivity contribution is -0.138. The van der Waals surface area contributed by atoms with Crippen molar-refractivity contribution in [3.63, 3.8) is 0 Å². The number of carbonyl (C=O) groups excluding carboxylic acids is 3. The number of hydrogen-bond acceptors (Lipinski definition) is 3. The van der Waals surface area contributed by atoms with Crippen LogP contribution in [0.2, 0.25) is 0 Å². The summed E-state index contributed by atoms with van der Waals surface area (Å²) in [7, 11) is 0. The van der Waals surface area contributed by atoms with E-state index in [0.717, 1.165) is 18.2 Å².